The lowest BCUT2D eigenvalue weighted by Gasteiger charge is -2.36. The van der Waals surface area contributed by atoms with Gasteiger partial charge in [0.1, 0.15) is 12.2 Å². The van der Waals surface area contributed by atoms with Crippen LogP contribution in [0.2, 0.25) is 0 Å². The summed E-state index contributed by atoms with van der Waals surface area (Å²) in [7, 11) is -1.16. The largest absolute Gasteiger partial charge is 0.494 e. The molecule has 6 nitrogen and oxygen atoms in total. The molecule has 0 unspecified atom stereocenters. The fraction of sp³-hybridized carbons (Fsp3) is 0.333. The molecule has 4 atom stereocenters. The van der Waals surface area contributed by atoms with Crippen LogP contribution in [-0.4, -0.2) is 62.1 Å². The second-order valence-electron chi connectivity index (χ2n) is 6.49. The Balaban J connectivity index is 1.42. The number of hydrogen-bond acceptors (Lipinski definition) is 6. The van der Waals surface area contributed by atoms with Crippen molar-refractivity contribution in [3.63, 3.8) is 0 Å². The first kappa shape index (κ1) is 17.7. The molecule has 0 aromatic heterocycles. The molecule has 0 saturated carbocycles. The molecule has 2 aromatic carbocycles. The number of rotatable bonds is 4. The van der Waals surface area contributed by atoms with Crippen molar-refractivity contribution in [2.75, 3.05) is 13.2 Å². The average molecular weight is 354 g/mol. The van der Waals surface area contributed by atoms with Gasteiger partial charge in [-0.1, -0.05) is 60.7 Å². The highest BCUT2D eigenvalue weighted by Gasteiger charge is 2.45. The van der Waals surface area contributed by atoms with E-state index in [1.165, 1.54) is 0 Å². The van der Waals surface area contributed by atoms with Gasteiger partial charge in [0.15, 0.2) is 0 Å². The summed E-state index contributed by atoms with van der Waals surface area (Å²) >= 11 is 0. The molecule has 2 aliphatic heterocycles. The number of aliphatic hydroxyl groups is 2. The normalized spacial score (nSPS) is 27.5. The van der Waals surface area contributed by atoms with Gasteiger partial charge in [-0.05, 0) is 10.9 Å². The van der Waals surface area contributed by atoms with E-state index in [1.807, 2.05) is 60.7 Å². The third-order valence-corrected chi connectivity index (χ3v) is 4.65. The second kappa shape index (κ2) is 7.92. The maximum Gasteiger partial charge on any atom is 0.494 e. The molecular weight excluding hydrogens is 334 g/mol. The quantitative estimate of drug-likeness (QED) is 0.710. The highest BCUT2D eigenvalue weighted by Crippen LogP contribution is 2.21. The molecule has 0 radical (unpaired) electrons. The van der Waals surface area contributed by atoms with Crippen molar-refractivity contribution >= 4 is 25.2 Å². The standard InChI is InChI=1S/C18H20B2O6/c21-15-11-23-20(14-9-5-2-6-10-14)26-18(15)17(22)16-12-24-19(25-16)13-7-3-1-4-8-13/h1-10,15-18,21-22H,11-12H2/t15-,16+,17+,18+/m0/s1. The molecular formula is C18H20B2O6. The molecule has 0 bridgehead atoms. The van der Waals surface area contributed by atoms with Crippen molar-refractivity contribution in [1.29, 1.82) is 0 Å². The minimum absolute atomic E-state index is 0.0803. The van der Waals surface area contributed by atoms with Crippen LogP contribution in [0.1, 0.15) is 0 Å². The Morgan fingerprint density at radius 3 is 1.96 bits per heavy atom. The summed E-state index contributed by atoms with van der Waals surface area (Å²) in [5.41, 5.74) is 1.72. The second-order valence-corrected chi connectivity index (χ2v) is 6.49. The van der Waals surface area contributed by atoms with Gasteiger partial charge in [0.2, 0.25) is 0 Å². The zero-order chi connectivity index (χ0) is 17.9. The van der Waals surface area contributed by atoms with Crippen LogP contribution in [0.15, 0.2) is 60.7 Å². The van der Waals surface area contributed by atoms with Gasteiger partial charge in [-0.25, -0.2) is 0 Å². The van der Waals surface area contributed by atoms with Crippen LogP contribution in [0.5, 0.6) is 0 Å². The zero-order valence-corrected chi connectivity index (χ0v) is 14.2. The molecule has 0 spiro atoms. The minimum atomic E-state index is -1.03. The third-order valence-electron chi connectivity index (χ3n) is 4.65. The molecule has 2 saturated heterocycles. The van der Waals surface area contributed by atoms with Gasteiger partial charge in [-0.3, -0.25) is 0 Å². The minimum Gasteiger partial charge on any atom is -0.405 e. The topological polar surface area (TPSA) is 77.4 Å². The lowest BCUT2D eigenvalue weighted by molar-refractivity contribution is -0.121. The number of aliphatic hydroxyl groups excluding tert-OH is 2. The lowest BCUT2D eigenvalue weighted by Crippen LogP contribution is -2.58. The molecule has 8 heteroatoms. The van der Waals surface area contributed by atoms with Gasteiger partial charge in [0, 0.05) is 0 Å². The first-order valence-corrected chi connectivity index (χ1v) is 8.72. The van der Waals surface area contributed by atoms with Crippen LogP contribution in [0.3, 0.4) is 0 Å². The Bertz CT molecular complexity index is 703. The van der Waals surface area contributed by atoms with E-state index >= 15 is 0 Å². The Hall–Kier alpha value is -1.67. The van der Waals surface area contributed by atoms with Crippen LogP contribution in [0.4, 0.5) is 0 Å². The number of hydrogen-bond donors (Lipinski definition) is 2. The van der Waals surface area contributed by atoms with Gasteiger partial charge >= 0.3 is 14.2 Å². The summed E-state index contributed by atoms with van der Waals surface area (Å²) in [6, 6.07) is 19.0. The molecule has 2 aromatic rings. The highest BCUT2D eigenvalue weighted by atomic mass is 16.7. The van der Waals surface area contributed by atoms with E-state index in [0.29, 0.717) is 0 Å². The molecule has 4 rings (SSSR count). The van der Waals surface area contributed by atoms with Gasteiger partial charge in [-0.2, -0.15) is 0 Å². The maximum absolute atomic E-state index is 10.7. The molecule has 2 heterocycles. The summed E-state index contributed by atoms with van der Waals surface area (Å²) in [6.45, 7) is 0.307. The molecule has 26 heavy (non-hydrogen) atoms. The van der Waals surface area contributed by atoms with Crippen LogP contribution in [0, 0.1) is 0 Å². The van der Waals surface area contributed by atoms with Crippen molar-refractivity contribution in [2.24, 2.45) is 0 Å². The smallest absolute Gasteiger partial charge is 0.405 e. The third kappa shape index (κ3) is 3.71. The first-order valence-electron chi connectivity index (χ1n) is 8.72. The molecule has 2 aliphatic rings. The van der Waals surface area contributed by atoms with Crippen LogP contribution >= 0.6 is 0 Å². The molecule has 2 N–H and O–H groups in total. The van der Waals surface area contributed by atoms with Gasteiger partial charge in [0.25, 0.3) is 0 Å². The van der Waals surface area contributed by atoms with Crippen LogP contribution in [-0.2, 0) is 18.6 Å². The summed E-state index contributed by atoms with van der Waals surface area (Å²) in [4.78, 5) is 0. The lowest BCUT2D eigenvalue weighted by atomic mass is 9.76. The predicted octanol–water partition coefficient (Wildman–Crippen LogP) is -0.670. The molecule has 2 fully saturated rings. The van der Waals surface area contributed by atoms with Gasteiger partial charge in [-0.15, -0.1) is 0 Å². The summed E-state index contributed by atoms with van der Waals surface area (Å²) in [5.74, 6) is 0. The van der Waals surface area contributed by atoms with Crippen molar-refractivity contribution in [3.05, 3.63) is 60.7 Å². The fourth-order valence-electron chi connectivity index (χ4n) is 3.24. The Labute approximate surface area is 152 Å². The molecule has 134 valence electrons. The van der Waals surface area contributed by atoms with E-state index in [4.69, 9.17) is 18.6 Å². The van der Waals surface area contributed by atoms with Gasteiger partial charge < -0.3 is 28.8 Å². The SMILES string of the molecule is O[C@@H]([C@@H]1OB(c2ccccc2)OC[C@@H]1O)[C@H]1COB(c2ccccc2)O1. The van der Waals surface area contributed by atoms with Crippen LogP contribution < -0.4 is 10.9 Å². The maximum atomic E-state index is 10.7. The summed E-state index contributed by atoms with van der Waals surface area (Å²) in [6.07, 6.45) is -3.38. The molecule has 0 aliphatic carbocycles. The summed E-state index contributed by atoms with van der Waals surface area (Å²) in [5, 5.41) is 21.0. The van der Waals surface area contributed by atoms with E-state index in [-0.39, 0.29) is 13.2 Å². The summed E-state index contributed by atoms with van der Waals surface area (Å²) < 4.78 is 22.9. The first-order chi connectivity index (χ1) is 12.7. The number of benzene rings is 2. The van der Waals surface area contributed by atoms with E-state index < -0.39 is 38.7 Å². The average Bonchev–Trinajstić information content (AvgIpc) is 3.19. The van der Waals surface area contributed by atoms with Crippen molar-refractivity contribution < 1.29 is 28.8 Å². The molecule has 0 amide bonds. The Morgan fingerprint density at radius 2 is 1.35 bits per heavy atom. The van der Waals surface area contributed by atoms with E-state index in [1.54, 1.807) is 0 Å². The predicted molar refractivity (Wildman–Crippen MR) is 97.3 cm³/mol. The van der Waals surface area contributed by atoms with E-state index in [9.17, 15) is 10.2 Å². The van der Waals surface area contributed by atoms with Gasteiger partial charge in [0.05, 0.1) is 25.4 Å². The Kier molecular flexibility index (Phi) is 5.40. The van der Waals surface area contributed by atoms with E-state index in [0.717, 1.165) is 10.9 Å². The van der Waals surface area contributed by atoms with Crippen molar-refractivity contribution in [3.8, 4) is 0 Å². The van der Waals surface area contributed by atoms with Crippen molar-refractivity contribution in [1.82, 2.24) is 0 Å². The monoisotopic (exact) mass is 354 g/mol. The van der Waals surface area contributed by atoms with Crippen LogP contribution in [0.25, 0.3) is 0 Å². The highest BCUT2D eigenvalue weighted by molar-refractivity contribution is 6.62. The fourth-order valence-corrected chi connectivity index (χ4v) is 3.24. The Morgan fingerprint density at radius 1 is 0.808 bits per heavy atom. The van der Waals surface area contributed by atoms with E-state index in [2.05, 4.69) is 0 Å². The van der Waals surface area contributed by atoms with Crippen molar-refractivity contribution in [2.45, 2.75) is 24.4 Å². The zero-order valence-electron chi connectivity index (χ0n) is 14.2.